The number of para-hydroxylation sites is 2. The molecule has 3 nitrogen and oxygen atoms in total. The second kappa shape index (κ2) is 4.22. The van der Waals surface area contributed by atoms with Crippen molar-refractivity contribution in [3.05, 3.63) is 24.3 Å². The number of fused-ring (bicyclic) bond motifs is 1. The Morgan fingerprint density at radius 1 is 1.12 bits per heavy atom. The third-order valence-corrected chi connectivity index (χ3v) is 4.16. The molecular formula is C14H21N3. The van der Waals surface area contributed by atoms with Crippen LogP contribution in [0.2, 0.25) is 0 Å². The van der Waals surface area contributed by atoms with Gasteiger partial charge in [-0.05, 0) is 24.6 Å². The molecule has 0 bridgehead atoms. The zero-order chi connectivity index (χ0) is 11.8. The lowest BCUT2D eigenvalue weighted by atomic mass is 10.0. The molecule has 2 aliphatic heterocycles. The molecule has 0 aliphatic carbocycles. The Kier molecular flexibility index (Phi) is 2.71. The fraction of sp³-hybridized carbons (Fsp3) is 0.571. The molecule has 0 saturated carbocycles. The van der Waals surface area contributed by atoms with Gasteiger partial charge < -0.3 is 15.1 Å². The number of nitrogens with one attached hydrogen (secondary N) is 1. The van der Waals surface area contributed by atoms with E-state index in [1.807, 2.05) is 0 Å². The quantitative estimate of drug-likeness (QED) is 0.791. The van der Waals surface area contributed by atoms with Crippen LogP contribution in [0, 0.1) is 5.92 Å². The van der Waals surface area contributed by atoms with Crippen LogP contribution in [0.15, 0.2) is 24.3 Å². The maximum Gasteiger partial charge on any atom is 0.0607 e. The highest BCUT2D eigenvalue weighted by Gasteiger charge is 2.32. The Labute approximate surface area is 103 Å². The molecule has 2 atom stereocenters. The van der Waals surface area contributed by atoms with Gasteiger partial charge in [0.25, 0.3) is 0 Å². The number of likely N-dealkylation sites (N-methyl/N-ethyl adjacent to an activating group) is 1. The summed E-state index contributed by atoms with van der Waals surface area (Å²) in [4.78, 5) is 4.96. The van der Waals surface area contributed by atoms with E-state index in [2.05, 4.69) is 53.4 Å². The highest BCUT2D eigenvalue weighted by atomic mass is 15.3. The van der Waals surface area contributed by atoms with Crippen molar-refractivity contribution < 1.29 is 0 Å². The first-order chi connectivity index (χ1) is 8.27. The largest absolute Gasteiger partial charge is 0.371 e. The van der Waals surface area contributed by atoms with Crippen molar-refractivity contribution in [2.75, 3.05) is 43.0 Å². The van der Waals surface area contributed by atoms with E-state index in [9.17, 15) is 0 Å². The van der Waals surface area contributed by atoms with Crippen LogP contribution in [-0.2, 0) is 0 Å². The van der Waals surface area contributed by atoms with Gasteiger partial charge in [-0.1, -0.05) is 19.1 Å². The van der Waals surface area contributed by atoms with Crippen molar-refractivity contribution in [1.82, 2.24) is 5.32 Å². The number of nitrogens with zero attached hydrogens (tertiary/aromatic N) is 2. The van der Waals surface area contributed by atoms with Crippen LogP contribution in [0.1, 0.15) is 6.92 Å². The highest BCUT2D eigenvalue weighted by molar-refractivity contribution is 5.73. The van der Waals surface area contributed by atoms with Crippen molar-refractivity contribution >= 4 is 11.4 Å². The molecule has 3 rings (SSSR count). The number of hydrogen-bond acceptors (Lipinski definition) is 3. The summed E-state index contributed by atoms with van der Waals surface area (Å²) < 4.78 is 0. The third-order valence-electron chi connectivity index (χ3n) is 4.16. The normalized spacial score (nSPS) is 28.4. The van der Waals surface area contributed by atoms with E-state index < -0.39 is 0 Å². The number of hydrogen-bond donors (Lipinski definition) is 1. The minimum atomic E-state index is 0.657. The minimum absolute atomic E-state index is 0.657. The summed E-state index contributed by atoms with van der Waals surface area (Å²) in [5, 5.41) is 3.51. The fourth-order valence-electron chi connectivity index (χ4n) is 3.09. The topological polar surface area (TPSA) is 18.5 Å². The fourth-order valence-corrected chi connectivity index (χ4v) is 3.09. The lowest BCUT2D eigenvalue weighted by molar-refractivity contribution is 0.509. The average Bonchev–Trinajstić information content (AvgIpc) is 2.77. The molecule has 92 valence electrons. The zero-order valence-corrected chi connectivity index (χ0v) is 10.7. The van der Waals surface area contributed by atoms with E-state index in [1.165, 1.54) is 11.4 Å². The van der Waals surface area contributed by atoms with E-state index in [-0.39, 0.29) is 0 Å². The van der Waals surface area contributed by atoms with Crippen molar-refractivity contribution in [3.63, 3.8) is 0 Å². The van der Waals surface area contributed by atoms with Crippen molar-refractivity contribution in [2.45, 2.75) is 13.0 Å². The van der Waals surface area contributed by atoms with Crippen LogP contribution >= 0.6 is 0 Å². The van der Waals surface area contributed by atoms with Gasteiger partial charge in [0.05, 0.1) is 11.4 Å². The molecule has 2 heterocycles. The molecule has 1 aromatic rings. The summed E-state index contributed by atoms with van der Waals surface area (Å²) in [5.74, 6) is 0.742. The van der Waals surface area contributed by atoms with Gasteiger partial charge >= 0.3 is 0 Å². The molecule has 0 amide bonds. The molecule has 0 radical (unpaired) electrons. The monoisotopic (exact) mass is 231 g/mol. The van der Waals surface area contributed by atoms with Crippen LogP contribution in [-0.4, -0.2) is 39.3 Å². The first-order valence-electron chi connectivity index (χ1n) is 6.55. The molecule has 0 spiro atoms. The standard InChI is InChI=1S/C14H21N3/c1-11-9-15-10-14(11)17-8-7-16(2)12-5-3-4-6-13(12)17/h3-6,11,14-15H,7-10H2,1-2H3. The van der Waals surface area contributed by atoms with Gasteiger partial charge in [-0.15, -0.1) is 0 Å². The van der Waals surface area contributed by atoms with E-state index in [0.717, 1.165) is 32.1 Å². The smallest absolute Gasteiger partial charge is 0.0607 e. The lowest BCUT2D eigenvalue weighted by Gasteiger charge is -2.41. The Hall–Kier alpha value is -1.22. The van der Waals surface area contributed by atoms with Crippen LogP contribution in [0.25, 0.3) is 0 Å². The summed E-state index contributed by atoms with van der Waals surface area (Å²) in [5.41, 5.74) is 2.78. The van der Waals surface area contributed by atoms with Crippen LogP contribution in [0.3, 0.4) is 0 Å². The molecule has 2 aliphatic rings. The van der Waals surface area contributed by atoms with Gasteiger partial charge in [0, 0.05) is 32.7 Å². The van der Waals surface area contributed by atoms with E-state index >= 15 is 0 Å². The molecule has 3 heteroatoms. The number of rotatable bonds is 1. The van der Waals surface area contributed by atoms with Crippen LogP contribution in [0.5, 0.6) is 0 Å². The lowest BCUT2D eigenvalue weighted by Crippen LogP contribution is -2.47. The van der Waals surface area contributed by atoms with Gasteiger partial charge in [-0.3, -0.25) is 0 Å². The summed E-state index contributed by atoms with van der Waals surface area (Å²) >= 11 is 0. The molecule has 1 aromatic carbocycles. The number of benzene rings is 1. The molecule has 0 aromatic heterocycles. The Balaban J connectivity index is 1.95. The first-order valence-corrected chi connectivity index (χ1v) is 6.55. The third kappa shape index (κ3) is 1.78. The SMILES string of the molecule is CC1CNCC1N1CCN(C)c2ccccc21. The molecule has 17 heavy (non-hydrogen) atoms. The first kappa shape index (κ1) is 10.9. The molecule has 1 fully saturated rings. The summed E-state index contributed by atoms with van der Waals surface area (Å²) in [6, 6.07) is 9.43. The molecule has 1 saturated heterocycles. The summed E-state index contributed by atoms with van der Waals surface area (Å²) in [7, 11) is 2.19. The van der Waals surface area contributed by atoms with E-state index in [4.69, 9.17) is 0 Å². The average molecular weight is 231 g/mol. The highest BCUT2D eigenvalue weighted by Crippen LogP contribution is 2.34. The minimum Gasteiger partial charge on any atom is -0.371 e. The molecule has 2 unspecified atom stereocenters. The Morgan fingerprint density at radius 2 is 1.88 bits per heavy atom. The zero-order valence-electron chi connectivity index (χ0n) is 10.7. The summed E-state index contributed by atoms with van der Waals surface area (Å²) in [6.45, 7) is 6.90. The van der Waals surface area contributed by atoms with Crippen molar-refractivity contribution in [3.8, 4) is 0 Å². The van der Waals surface area contributed by atoms with Crippen molar-refractivity contribution in [2.24, 2.45) is 5.92 Å². The van der Waals surface area contributed by atoms with E-state index in [0.29, 0.717) is 6.04 Å². The van der Waals surface area contributed by atoms with Crippen LogP contribution in [0.4, 0.5) is 11.4 Å². The Bertz CT molecular complexity index is 404. The second-order valence-corrected chi connectivity index (χ2v) is 5.31. The maximum absolute atomic E-state index is 3.51. The molecule has 1 N–H and O–H groups in total. The second-order valence-electron chi connectivity index (χ2n) is 5.31. The van der Waals surface area contributed by atoms with Crippen molar-refractivity contribution in [1.29, 1.82) is 0 Å². The summed E-state index contributed by atoms with van der Waals surface area (Å²) in [6.07, 6.45) is 0. The Morgan fingerprint density at radius 3 is 2.59 bits per heavy atom. The van der Waals surface area contributed by atoms with Gasteiger partial charge in [0.15, 0.2) is 0 Å². The molecular weight excluding hydrogens is 210 g/mol. The predicted molar refractivity (Wildman–Crippen MR) is 72.9 cm³/mol. The maximum atomic E-state index is 3.51. The van der Waals surface area contributed by atoms with E-state index in [1.54, 1.807) is 0 Å². The predicted octanol–water partition coefficient (Wildman–Crippen LogP) is 1.55. The van der Waals surface area contributed by atoms with Gasteiger partial charge in [-0.25, -0.2) is 0 Å². The van der Waals surface area contributed by atoms with Gasteiger partial charge in [0.1, 0.15) is 0 Å². The van der Waals surface area contributed by atoms with Crippen LogP contribution < -0.4 is 15.1 Å². The number of anilines is 2. The van der Waals surface area contributed by atoms with Gasteiger partial charge in [-0.2, -0.15) is 0 Å². The van der Waals surface area contributed by atoms with Gasteiger partial charge in [0.2, 0.25) is 0 Å².